The molecule has 0 fully saturated rings. The molecule has 1 N–H and O–H groups in total. The number of nitrogens with one attached hydrogen (secondary N) is 1. The number of nitro benzene ring substituents is 1. The van der Waals surface area contributed by atoms with Gasteiger partial charge in [-0.2, -0.15) is 0 Å². The quantitative estimate of drug-likeness (QED) is 0.530. The number of hydrogen-bond donors (Lipinski definition) is 1. The van der Waals surface area contributed by atoms with Gasteiger partial charge in [0.25, 0.3) is 11.6 Å². The second kappa shape index (κ2) is 6.02. The number of hydrogen-bond acceptors (Lipinski definition) is 6. The van der Waals surface area contributed by atoms with Gasteiger partial charge < -0.3 is 0 Å². The highest BCUT2D eigenvalue weighted by atomic mass is 32.1. The van der Waals surface area contributed by atoms with E-state index in [1.54, 1.807) is 13.8 Å². The van der Waals surface area contributed by atoms with Crippen LogP contribution in [0.1, 0.15) is 38.2 Å². The molecule has 2 rings (SSSR count). The molecule has 0 bridgehead atoms. The summed E-state index contributed by atoms with van der Waals surface area (Å²) in [7, 11) is 0. The zero-order valence-electron chi connectivity index (χ0n) is 12.2. The molecule has 1 aromatic carbocycles. The van der Waals surface area contributed by atoms with Crippen LogP contribution in [-0.4, -0.2) is 21.6 Å². The molecule has 0 saturated carbocycles. The molecular weight excluding hydrogens is 306 g/mol. The first kappa shape index (κ1) is 15.8. The zero-order valence-corrected chi connectivity index (χ0v) is 13.0. The average molecular weight is 319 g/mol. The maximum absolute atomic E-state index is 12.1. The minimum Gasteiger partial charge on any atom is -0.298 e. The van der Waals surface area contributed by atoms with Crippen LogP contribution in [0.25, 0.3) is 0 Å². The van der Waals surface area contributed by atoms with E-state index >= 15 is 0 Å². The average Bonchev–Trinajstić information content (AvgIpc) is 2.79. The monoisotopic (exact) mass is 319 g/mol. The molecule has 1 aromatic heterocycles. The lowest BCUT2D eigenvalue weighted by Gasteiger charge is -2.03. The number of amides is 1. The number of aromatic nitrogens is 1. The summed E-state index contributed by atoms with van der Waals surface area (Å²) in [5.41, 5.74) is 1.06. The maximum atomic E-state index is 12.1. The van der Waals surface area contributed by atoms with Gasteiger partial charge in [0.1, 0.15) is 0 Å². The smallest absolute Gasteiger partial charge is 0.273 e. The Morgan fingerprint density at radius 3 is 2.55 bits per heavy atom. The normalized spacial score (nSPS) is 10.3. The van der Waals surface area contributed by atoms with Gasteiger partial charge in [0.15, 0.2) is 10.9 Å². The predicted octanol–water partition coefficient (Wildman–Crippen LogP) is 3.12. The van der Waals surface area contributed by atoms with Crippen molar-refractivity contribution in [2.75, 3.05) is 5.32 Å². The summed E-state index contributed by atoms with van der Waals surface area (Å²) in [6, 6.07) is 4.24. The van der Waals surface area contributed by atoms with E-state index in [2.05, 4.69) is 10.3 Å². The van der Waals surface area contributed by atoms with E-state index < -0.39 is 10.8 Å². The van der Waals surface area contributed by atoms with Crippen LogP contribution in [0.4, 0.5) is 10.8 Å². The molecule has 0 radical (unpaired) electrons. The first-order chi connectivity index (χ1) is 10.3. The number of Topliss-reactive ketones (excluding diaryl/α,β-unsaturated/α-hetero) is 1. The first-order valence-corrected chi connectivity index (χ1v) is 7.16. The van der Waals surface area contributed by atoms with Gasteiger partial charge in [-0.1, -0.05) is 17.4 Å². The van der Waals surface area contributed by atoms with Crippen molar-refractivity contribution >= 4 is 33.8 Å². The number of thiazole rings is 1. The Hall–Kier alpha value is -2.61. The number of carbonyl (C=O) groups is 2. The Balaban J connectivity index is 2.26. The molecule has 0 atom stereocenters. The molecule has 1 heterocycles. The molecule has 114 valence electrons. The molecule has 0 aliphatic rings. The van der Waals surface area contributed by atoms with Crippen molar-refractivity contribution in [1.29, 1.82) is 0 Å². The van der Waals surface area contributed by atoms with Crippen LogP contribution in [0.15, 0.2) is 18.2 Å². The van der Waals surface area contributed by atoms with Crippen LogP contribution in [0.3, 0.4) is 0 Å². The van der Waals surface area contributed by atoms with Crippen LogP contribution < -0.4 is 5.32 Å². The van der Waals surface area contributed by atoms with Gasteiger partial charge in [0.05, 0.1) is 15.5 Å². The number of aryl methyl sites for hydroxylation is 2. The number of nitrogens with zero attached hydrogens (tertiary/aromatic N) is 2. The van der Waals surface area contributed by atoms with Crippen LogP contribution >= 0.6 is 11.3 Å². The summed E-state index contributed by atoms with van der Waals surface area (Å²) in [5.74, 6) is -0.631. The van der Waals surface area contributed by atoms with Gasteiger partial charge in [-0.25, -0.2) is 4.98 Å². The van der Waals surface area contributed by atoms with Crippen molar-refractivity contribution in [2.24, 2.45) is 0 Å². The Morgan fingerprint density at radius 1 is 1.32 bits per heavy atom. The second-order valence-electron chi connectivity index (χ2n) is 4.70. The van der Waals surface area contributed by atoms with E-state index in [1.807, 2.05) is 0 Å². The van der Waals surface area contributed by atoms with Gasteiger partial charge in [-0.15, -0.1) is 0 Å². The fourth-order valence-electron chi connectivity index (χ4n) is 1.89. The molecule has 0 saturated heterocycles. The molecule has 0 aliphatic carbocycles. The van der Waals surface area contributed by atoms with Gasteiger partial charge >= 0.3 is 0 Å². The van der Waals surface area contributed by atoms with Crippen LogP contribution in [0.2, 0.25) is 0 Å². The number of benzene rings is 1. The topological polar surface area (TPSA) is 102 Å². The SMILES string of the molecule is CC(=O)c1sc(NC(=O)c2ccc(C)c([N+](=O)[O-])c2)nc1C. The van der Waals surface area contributed by atoms with E-state index in [0.29, 0.717) is 16.1 Å². The summed E-state index contributed by atoms with van der Waals surface area (Å²) < 4.78 is 0. The number of carbonyl (C=O) groups excluding carboxylic acids is 2. The van der Waals surface area contributed by atoms with E-state index in [-0.39, 0.29) is 22.2 Å². The number of rotatable bonds is 4. The highest BCUT2D eigenvalue weighted by Crippen LogP contribution is 2.24. The van der Waals surface area contributed by atoms with E-state index in [4.69, 9.17) is 0 Å². The predicted molar refractivity (Wildman–Crippen MR) is 82.6 cm³/mol. The molecular formula is C14H13N3O4S. The Labute approximate surface area is 130 Å². The molecule has 8 heteroatoms. The molecule has 22 heavy (non-hydrogen) atoms. The molecule has 7 nitrogen and oxygen atoms in total. The molecule has 1 amide bonds. The lowest BCUT2D eigenvalue weighted by atomic mass is 10.1. The zero-order chi connectivity index (χ0) is 16.4. The first-order valence-electron chi connectivity index (χ1n) is 6.34. The third kappa shape index (κ3) is 3.17. The fraction of sp³-hybridized carbons (Fsp3) is 0.214. The molecule has 0 aliphatic heterocycles. The highest BCUT2D eigenvalue weighted by molar-refractivity contribution is 7.17. The van der Waals surface area contributed by atoms with Crippen molar-refractivity contribution < 1.29 is 14.5 Å². The summed E-state index contributed by atoms with van der Waals surface area (Å²) >= 11 is 1.08. The standard InChI is InChI=1S/C14H13N3O4S/c1-7-4-5-10(6-11(7)17(20)21)13(19)16-14-15-8(2)12(22-14)9(3)18/h4-6H,1-3H3,(H,15,16,19). The largest absolute Gasteiger partial charge is 0.298 e. The molecule has 0 spiro atoms. The Bertz CT molecular complexity index is 782. The van der Waals surface area contributed by atoms with Gasteiger partial charge in [-0.05, 0) is 19.9 Å². The third-order valence-corrected chi connectivity index (χ3v) is 4.18. The maximum Gasteiger partial charge on any atom is 0.273 e. The van der Waals surface area contributed by atoms with Crippen molar-refractivity contribution in [1.82, 2.24) is 4.98 Å². The van der Waals surface area contributed by atoms with Crippen LogP contribution in [0.5, 0.6) is 0 Å². The van der Waals surface area contributed by atoms with Gasteiger partial charge in [-0.3, -0.25) is 25.0 Å². The minimum atomic E-state index is -0.534. The van der Waals surface area contributed by atoms with Crippen molar-refractivity contribution in [2.45, 2.75) is 20.8 Å². The lowest BCUT2D eigenvalue weighted by molar-refractivity contribution is -0.385. The summed E-state index contributed by atoms with van der Waals surface area (Å²) in [5, 5.41) is 13.7. The Morgan fingerprint density at radius 2 is 2.00 bits per heavy atom. The van der Waals surface area contributed by atoms with E-state index in [9.17, 15) is 19.7 Å². The summed E-state index contributed by atoms with van der Waals surface area (Å²) in [6.45, 7) is 4.71. The van der Waals surface area contributed by atoms with Crippen molar-refractivity contribution in [3.05, 3.63) is 50.0 Å². The number of anilines is 1. The number of nitro groups is 1. The summed E-state index contributed by atoms with van der Waals surface area (Å²) in [4.78, 5) is 38.5. The lowest BCUT2D eigenvalue weighted by Crippen LogP contribution is -2.12. The number of ketones is 1. The summed E-state index contributed by atoms with van der Waals surface area (Å²) in [6.07, 6.45) is 0. The second-order valence-corrected chi connectivity index (χ2v) is 5.70. The minimum absolute atomic E-state index is 0.118. The van der Waals surface area contributed by atoms with E-state index in [0.717, 1.165) is 11.3 Å². The Kier molecular flexibility index (Phi) is 4.32. The highest BCUT2D eigenvalue weighted by Gasteiger charge is 2.17. The fourth-order valence-corrected chi connectivity index (χ4v) is 2.75. The van der Waals surface area contributed by atoms with Gasteiger partial charge in [0.2, 0.25) is 0 Å². The molecule has 0 unspecified atom stereocenters. The van der Waals surface area contributed by atoms with E-state index in [1.165, 1.54) is 25.1 Å². The van der Waals surface area contributed by atoms with Gasteiger partial charge in [0, 0.05) is 24.1 Å². The van der Waals surface area contributed by atoms with Crippen molar-refractivity contribution in [3.8, 4) is 0 Å². The van der Waals surface area contributed by atoms with Crippen LogP contribution in [-0.2, 0) is 0 Å². The van der Waals surface area contributed by atoms with Crippen molar-refractivity contribution in [3.63, 3.8) is 0 Å². The molecule has 2 aromatic rings. The van der Waals surface area contributed by atoms with Crippen LogP contribution in [0, 0.1) is 24.0 Å². The third-order valence-electron chi connectivity index (χ3n) is 3.00.